The van der Waals surface area contributed by atoms with Crippen LogP contribution in [-0.2, 0) is 23.9 Å². The quantitative estimate of drug-likeness (QED) is 0.0898. The summed E-state index contributed by atoms with van der Waals surface area (Å²) in [5, 5.41) is 3.46. The summed E-state index contributed by atoms with van der Waals surface area (Å²) in [4.78, 5) is 72.1. The Morgan fingerprint density at radius 1 is 0.758 bits per heavy atom. The number of furan rings is 1. The number of esters is 1. The number of ether oxygens (including phenoxy) is 2. The number of H-pyrrole nitrogens is 2. The summed E-state index contributed by atoms with van der Waals surface area (Å²) >= 11 is 0. The van der Waals surface area contributed by atoms with E-state index in [9.17, 15) is 19.2 Å². The molecule has 4 atom stereocenters. The maximum Gasteiger partial charge on any atom is 0.407 e. The van der Waals surface area contributed by atoms with Gasteiger partial charge < -0.3 is 39.0 Å². The van der Waals surface area contributed by atoms with Gasteiger partial charge >= 0.3 is 12.1 Å². The number of halogens is 1. The van der Waals surface area contributed by atoms with E-state index in [-0.39, 0.29) is 36.3 Å². The number of alkyl carbamates (subject to hydrolysis) is 1. The lowest BCUT2D eigenvalue weighted by atomic mass is 9.91. The summed E-state index contributed by atoms with van der Waals surface area (Å²) < 4.78 is 31.8. The maximum atomic E-state index is 16.0. The number of aromatic nitrogens is 4. The van der Waals surface area contributed by atoms with Crippen LogP contribution in [0.25, 0.3) is 44.8 Å². The lowest BCUT2D eigenvalue weighted by Crippen LogP contribution is -2.42. The third-order valence-electron chi connectivity index (χ3n) is 12.7. The molecular weight excluding hydrogens is 842 g/mol. The van der Waals surface area contributed by atoms with Gasteiger partial charge in [-0.05, 0) is 86.1 Å². The summed E-state index contributed by atoms with van der Waals surface area (Å²) in [6.07, 6.45) is 7.03. The Balaban J connectivity index is 0.890. The number of nitrogens with zero attached hydrogens (tertiary/aromatic N) is 4. The second-order valence-corrected chi connectivity index (χ2v) is 16.7. The highest BCUT2D eigenvalue weighted by Gasteiger charge is 2.38. The number of carbonyl (C=O) groups excluding carboxylic acids is 4. The Morgan fingerprint density at radius 3 is 1.98 bits per heavy atom. The van der Waals surface area contributed by atoms with E-state index in [1.807, 2.05) is 65.6 Å². The molecule has 3 aromatic heterocycles. The van der Waals surface area contributed by atoms with Crippen molar-refractivity contribution in [3.63, 3.8) is 0 Å². The van der Waals surface area contributed by atoms with E-state index in [1.165, 1.54) is 20.3 Å². The van der Waals surface area contributed by atoms with Gasteiger partial charge in [0.15, 0.2) is 0 Å². The van der Waals surface area contributed by atoms with Crippen LogP contribution in [0.15, 0.2) is 120 Å². The van der Waals surface area contributed by atoms with Crippen LogP contribution >= 0.6 is 0 Å². The number of hydrogen-bond acceptors (Lipinski definition) is 9. The largest absolute Gasteiger partial charge is 0.469 e. The first kappa shape index (κ1) is 43.7. The molecule has 4 aromatic carbocycles. The smallest absolute Gasteiger partial charge is 0.407 e. The first-order chi connectivity index (χ1) is 32.2. The number of benzene rings is 4. The molecular formula is C51H50FN7O7. The SMILES string of the molecule is COC(=O)CCC[C@@H](C(=O)N1CCC[C@H]1c1ncc(-c2ccc3oc(-c4ccc(-c5cnc([C@@H]6CCCN6C(=O)[C@H](NC(=O)OC)c6ccccc6)[nH]5)cc4F)cc3c2)[nH]1)c1ccccc1. The molecule has 338 valence electrons. The molecule has 3 N–H and O–H groups in total. The third kappa shape index (κ3) is 9.05. The molecule has 66 heavy (non-hydrogen) atoms. The highest BCUT2D eigenvalue weighted by atomic mass is 19.1. The molecule has 0 radical (unpaired) electrons. The number of fused-ring (bicyclic) bond motifs is 1. The Morgan fingerprint density at radius 2 is 1.36 bits per heavy atom. The molecule has 2 aliphatic heterocycles. The van der Waals surface area contributed by atoms with Crippen LogP contribution in [0.1, 0.15) is 91.8 Å². The summed E-state index contributed by atoms with van der Waals surface area (Å²) in [5.41, 5.74) is 5.24. The molecule has 2 fully saturated rings. The minimum Gasteiger partial charge on any atom is -0.469 e. The van der Waals surface area contributed by atoms with Gasteiger partial charge in [-0.3, -0.25) is 14.4 Å². The van der Waals surface area contributed by atoms with Gasteiger partial charge in [0.1, 0.15) is 34.9 Å². The van der Waals surface area contributed by atoms with Crippen LogP contribution in [-0.4, -0.2) is 80.9 Å². The fourth-order valence-electron chi connectivity index (χ4n) is 9.31. The monoisotopic (exact) mass is 891 g/mol. The molecule has 0 bridgehead atoms. The Kier molecular flexibility index (Phi) is 12.8. The molecule has 0 spiro atoms. The van der Waals surface area contributed by atoms with Crippen LogP contribution in [0.2, 0.25) is 0 Å². The van der Waals surface area contributed by atoms with Crippen LogP contribution in [0.4, 0.5) is 9.18 Å². The van der Waals surface area contributed by atoms with E-state index in [0.29, 0.717) is 77.7 Å². The fraction of sp³-hybridized carbons (Fsp3) is 0.294. The molecule has 0 aliphatic carbocycles. The third-order valence-corrected chi connectivity index (χ3v) is 12.7. The molecule has 7 aromatic rings. The zero-order valence-corrected chi connectivity index (χ0v) is 36.7. The lowest BCUT2D eigenvalue weighted by Gasteiger charge is -2.28. The van der Waals surface area contributed by atoms with E-state index in [1.54, 1.807) is 53.7 Å². The van der Waals surface area contributed by atoms with Gasteiger partial charge in [0.2, 0.25) is 5.91 Å². The minimum atomic E-state index is -0.942. The molecule has 3 amide bonds. The first-order valence-corrected chi connectivity index (χ1v) is 22.2. The zero-order valence-electron chi connectivity index (χ0n) is 36.7. The lowest BCUT2D eigenvalue weighted by molar-refractivity contribution is -0.141. The van der Waals surface area contributed by atoms with Crippen molar-refractivity contribution in [3.05, 3.63) is 144 Å². The van der Waals surface area contributed by atoms with Crippen molar-refractivity contribution in [2.75, 3.05) is 27.3 Å². The Hall–Kier alpha value is -7.55. The van der Waals surface area contributed by atoms with Gasteiger partial charge in [0.25, 0.3) is 5.91 Å². The Labute approximate surface area is 380 Å². The number of aromatic amines is 2. The van der Waals surface area contributed by atoms with Crippen LogP contribution < -0.4 is 5.32 Å². The van der Waals surface area contributed by atoms with Crippen molar-refractivity contribution in [3.8, 4) is 33.8 Å². The normalized spacial score (nSPS) is 16.9. The highest BCUT2D eigenvalue weighted by molar-refractivity contribution is 5.89. The van der Waals surface area contributed by atoms with E-state index in [0.717, 1.165) is 41.5 Å². The number of rotatable bonds is 14. The second-order valence-electron chi connectivity index (χ2n) is 16.7. The van der Waals surface area contributed by atoms with Gasteiger partial charge in [-0.2, -0.15) is 0 Å². The molecule has 5 heterocycles. The van der Waals surface area contributed by atoms with Crippen molar-refractivity contribution >= 4 is 34.8 Å². The average molecular weight is 892 g/mol. The molecule has 15 heteroatoms. The van der Waals surface area contributed by atoms with Crippen LogP contribution in [0.3, 0.4) is 0 Å². The number of carbonyl (C=O) groups is 4. The van der Waals surface area contributed by atoms with Crippen molar-refractivity contribution < 1.29 is 37.5 Å². The van der Waals surface area contributed by atoms with Crippen molar-refractivity contribution in [1.82, 2.24) is 35.1 Å². The summed E-state index contributed by atoms with van der Waals surface area (Å²) in [6.45, 7) is 1.09. The van der Waals surface area contributed by atoms with E-state index >= 15 is 4.39 Å². The fourth-order valence-corrected chi connectivity index (χ4v) is 9.31. The van der Waals surface area contributed by atoms with Crippen molar-refractivity contribution in [2.24, 2.45) is 0 Å². The topological polar surface area (TPSA) is 176 Å². The Bertz CT molecular complexity index is 2860. The van der Waals surface area contributed by atoms with E-state index in [4.69, 9.17) is 18.9 Å². The molecule has 2 saturated heterocycles. The standard InChI is InChI=1S/C51H50FN7O7/c1-64-45(60)19-9-16-36(31-12-5-3-6-13-31)49(61)58-24-10-17-41(58)47-53-29-39(55-47)33-21-23-43-35(26-33)28-44(66-43)37-22-20-34(27-38(37)52)40-30-54-48(56-40)42-18-11-25-59(42)50(62)46(57-51(63)65-2)32-14-7-4-8-15-32/h3-8,12-15,20-23,26-30,36,41-42,46H,9-11,16-19,24-25H2,1-2H3,(H,53,55)(H,54,56)(H,57,63)/t36-,41+,42+,46-/m1/s1. The average Bonchev–Trinajstić information content (AvgIpc) is 4.21. The predicted octanol–water partition coefficient (Wildman–Crippen LogP) is 9.57. The number of hydrogen-bond donors (Lipinski definition) is 3. The van der Waals surface area contributed by atoms with E-state index in [2.05, 4.69) is 20.3 Å². The number of methoxy groups -OCH3 is 2. The highest BCUT2D eigenvalue weighted by Crippen LogP contribution is 2.39. The maximum absolute atomic E-state index is 16.0. The van der Waals surface area contributed by atoms with E-state index < -0.39 is 23.9 Å². The van der Waals surface area contributed by atoms with Gasteiger partial charge in [-0.15, -0.1) is 0 Å². The number of nitrogens with one attached hydrogen (secondary N) is 3. The summed E-state index contributed by atoms with van der Waals surface area (Å²) in [5.74, 6) is 0.213. The van der Waals surface area contributed by atoms with Crippen LogP contribution in [0.5, 0.6) is 0 Å². The summed E-state index contributed by atoms with van der Waals surface area (Å²) in [6, 6.07) is 29.6. The molecule has 0 saturated carbocycles. The number of imidazole rings is 2. The summed E-state index contributed by atoms with van der Waals surface area (Å²) in [7, 11) is 2.63. The molecule has 14 nitrogen and oxygen atoms in total. The van der Waals surface area contributed by atoms with Gasteiger partial charge in [-0.1, -0.05) is 66.7 Å². The van der Waals surface area contributed by atoms with Gasteiger partial charge in [-0.25, -0.2) is 19.2 Å². The predicted molar refractivity (Wildman–Crippen MR) is 244 cm³/mol. The van der Waals surface area contributed by atoms with Gasteiger partial charge in [0.05, 0.1) is 61.6 Å². The molecule has 2 aliphatic rings. The zero-order chi connectivity index (χ0) is 45.7. The number of likely N-dealkylation sites (tertiary alicyclic amines) is 2. The first-order valence-electron chi connectivity index (χ1n) is 22.2. The minimum absolute atomic E-state index is 0.0162. The van der Waals surface area contributed by atoms with Crippen molar-refractivity contribution in [1.29, 1.82) is 0 Å². The van der Waals surface area contributed by atoms with Gasteiger partial charge in [0, 0.05) is 36.0 Å². The second kappa shape index (κ2) is 19.3. The molecule has 0 unspecified atom stereocenters. The van der Waals surface area contributed by atoms with Crippen LogP contribution in [0, 0.1) is 5.82 Å². The number of amides is 3. The molecule has 9 rings (SSSR count). The van der Waals surface area contributed by atoms with Crippen molar-refractivity contribution in [2.45, 2.75) is 69.0 Å².